The highest BCUT2D eigenvalue weighted by Gasteiger charge is 2.57. The second-order valence-electron chi connectivity index (χ2n) is 9.12. The number of aliphatic hydroxyl groups is 1. The molecule has 1 aliphatic carbocycles. The van der Waals surface area contributed by atoms with Crippen molar-refractivity contribution in [1.82, 2.24) is 4.90 Å². The molecule has 0 bridgehead atoms. The standard InChI is InChI=1S/C30H31NO5/c1-2-35-30(21-34-20-22-12-6-3-7-13-22)25(18-19-26(30)32)31-27(23-14-8-4-9-15-23)28(36-29(31)33)24-16-10-5-11-17-24/h3-19,25-28,32H,2,20-21H2,1H3/t25-,26-,27-,28+,30+/m1/s1. The van der Waals surface area contributed by atoms with E-state index in [0.717, 1.165) is 16.7 Å². The Hall–Kier alpha value is -3.45. The molecule has 6 heteroatoms. The number of rotatable bonds is 9. The molecule has 36 heavy (non-hydrogen) atoms. The predicted octanol–water partition coefficient (Wildman–Crippen LogP) is 5.21. The van der Waals surface area contributed by atoms with Gasteiger partial charge in [0.05, 0.1) is 19.3 Å². The fourth-order valence-corrected chi connectivity index (χ4v) is 5.25. The van der Waals surface area contributed by atoms with E-state index in [1.54, 1.807) is 11.0 Å². The summed E-state index contributed by atoms with van der Waals surface area (Å²) in [5.41, 5.74) is 1.71. The smallest absolute Gasteiger partial charge is 0.411 e. The van der Waals surface area contributed by atoms with Gasteiger partial charge in [0.25, 0.3) is 0 Å². The van der Waals surface area contributed by atoms with Crippen LogP contribution in [0.5, 0.6) is 0 Å². The van der Waals surface area contributed by atoms with Gasteiger partial charge in [0.2, 0.25) is 0 Å². The van der Waals surface area contributed by atoms with Crippen LogP contribution in [-0.2, 0) is 20.8 Å². The van der Waals surface area contributed by atoms with Crippen molar-refractivity contribution in [1.29, 1.82) is 0 Å². The van der Waals surface area contributed by atoms with Crippen LogP contribution in [0.2, 0.25) is 0 Å². The van der Waals surface area contributed by atoms with Gasteiger partial charge in [0.15, 0.2) is 6.10 Å². The van der Waals surface area contributed by atoms with Gasteiger partial charge in [-0.3, -0.25) is 4.90 Å². The Balaban J connectivity index is 1.50. The predicted molar refractivity (Wildman–Crippen MR) is 136 cm³/mol. The summed E-state index contributed by atoms with van der Waals surface area (Å²) in [5.74, 6) is 0. The van der Waals surface area contributed by atoms with E-state index < -0.39 is 36.0 Å². The third kappa shape index (κ3) is 4.55. The molecule has 1 amide bonds. The molecule has 0 spiro atoms. The molecular formula is C30H31NO5. The molecule has 2 aliphatic rings. The number of ether oxygens (including phenoxy) is 3. The number of amides is 1. The van der Waals surface area contributed by atoms with Crippen molar-refractivity contribution < 1.29 is 24.1 Å². The maximum Gasteiger partial charge on any atom is 0.411 e. The molecule has 5 atom stereocenters. The number of carbonyl (C=O) groups is 1. The summed E-state index contributed by atoms with van der Waals surface area (Å²) in [4.78, 5) is 15.2. The number of nitrogens with zero attached hydrogens (tertiary/aromatic N) is 1. The first-order valence-electron chi connectivity index (χ1n) is 12.3. The van der Waals surface area contributed by atoms with Gasteiger partial charge in [0.1, 0.15) is 17.7 Å². The molecule has 5 rings (SSSR count). The number of hydrogen-bond donors (Lipinski definition) is 1. The van der Waals surface area contributed by atoms with Crippen molar-refractivity contribution in [3.05, 3.63) is 120 Å². The molecule has 3 aromatic rings. The molecule has 6 nitrogen and oxygen atoms in total. The van der Waals surface area contributed by atoms with E-state index in [1.807, 2.05) is 104 Å². The van der Waals surface area contributed by atoms with Gasteiger partial charge in [0, 0.05) is 6.61 Å². The summed E-state index contributed by atoms with van der Waals surface area (Å²) in [5, 5.41) is 11.2. The van der Waals surface area contributed by atoms with E-state index in [4.69, 9.17) is 14.2 Å². The third-order valence-corrected chi connectivity index (χ3v) is 6.92. The maximum atomic E-state index is 13.5. The van der Waals surface area contributed by atoms with E-state index in [0.29, 0.717) is 13.2 Å². The van der Waals surface area contributed by atoms with Crippen molar-refractivity contribution in [3.63, 3.8) is 0 Å². The first kappa shape index (κ1) is 24.3. The minimum Gasteiger partial charge on any atom is -0.439 e. The minimum atomic E-state index is -1.17. The summed E-state index contributed by atoms with van der Waals surface area (Å²) < 4.78 is 18.4. The lowest BCUT2D eigenvalue weighted by Crippen LogP contribution is -2.60. The molecule has 0 aromatic heterocycles. The zero-order valence-corrected chi connectivity index (χ0v) is 20.3. The van der Waals surface area contributed by atoms with Gasteiger partial charge >= 0.3 is 6.09 Å². The van der Waals surface area contributed by atoms with Gasteiger partial charge in [-0.05, 0) is 23.6 Å². The Morgan fingerprint density at radius 3 is 2.14 bits per heavy atom. The zero-order chi connectivity index (χ0) is 25.0. The van der Waals surface area contributed by atoms with Gasteiger partial charge in [-0.25, -0.2) is 4.79 Å². The molecule has 1 N–H and O–H groups in total. The molecule has 3 aromatic carbocycles. The van der Waals surface area contributed by atoms with Gasteiger partial charge in [-0.1, -0.05) is 103 Å². The van der Waals surface area contributed by atoms with E-state index in [1.165, 1.54) is 0 Å². The normalized spacial score (nSPS) is 27.4. The molecule has 1 saturated heterocycles. The van der Waals surface area contributed by atoms with Crippen molar-refractivity contribution in [3.8, 4) is 0 Å². The van der Waals surface area contributed by atoms with Crippen LogP contribution in [-0.4, -0.2) is 47.1 Å². The highest BCUT2D eigenvalue weighted by atomic mass is 16.6. The molecule has 1 aliphatic heterocycles. The van der Waals surface area contributed by atoms with Gasteiger partial charge in [-0.2, -0.15) is 0 Å². The highest BCUT2D eigenvalue weighted by molar-refractivity contribution is 5.73. The first-order valence-corrected chi connectivity index (χ1v) is 12.3. The second kappa shape index (κ2) is 10.7. The summed E-state index contributed by atoms with van der Waals surface area (Å²) in [6.45, 7) is 2.71. The van der Waals surface area contributed by atoms with Crippen molar-refractivity contribution in [2.24, 2.45) is 0 Å². The van der Waals surface area contributed by atoms with E-state index in [2.05, 4.69) is 0 Å². The number of aliphatic hydroxyl groups excluding tert-OH is 1. The molecule has 0 unspecified atom stereocenters. The highest BCUT2D eigenvalue weighted by Crippen LogP contribution is 2.48. The largest absolute Gasteiger partial charge is 0.439 e. The topological polar surface area (TPSA) is 68.2 Å². The van der Waals surface area contributed by atoms with Crippen LogP contribution in [0.4, 0.5) is 4.79 Å². The van der Waals surface area contributed by atoms with Crippen LogP contribution in [0.15, 0.2) is 103 Å². The van der Waals surface area contributed by atoms with Crippen LogP contribution in [0.3, 0.4) is 0 Å². The van der Waals surface area contributed by atoms with Crippen LogP contribution in [0.25, 0.3) is 0 Å². The van der Waals surface area contributed by atoms with Gasteiger partial charge < -0.3 is 19.3 Å². The van der Waals surface area contributed by atoms with Crippen molar-refractivity contribution in [2.75, 3.05) is 13.2 Å². The van der Waals surface area contributed by atoms with Crippen LogP contribution in [0, 0.1) is 0 Å². The maximum absolute atomic E-state index is 13.5. The summed E-state index contributed by atoms with van der Waals surface area (Å²) >= 11 is 0. The van der Waals surface area contributed by atoms with Crippen LogP contribution < -0.4 is 0 Å². The molecular weight excluding hydrogens is 454 g/mol. The minimum absolute atomic E-state index is 0.107. The number of hydrogen-bond acceptors (Lipinski definition) is 5. The van der Waals surface area contributed by atoms with Crippen LogP contribution >= 0.6 is 0 Å². The number of cyclic esters (lactones) is 1. The third-order valence-electron chi connectivity index (χ3n) is 6.92. The van der Waals surface area contributed by atoms with Crippen LogP contribution in [0.1, 0.15) is 35.8 Å². The Kier molecular flexibility index (Phi) is 7.18. The SMILES string of the molecule is CCO[C@]1(COCc2ccccc2)[C@H](O)C=C[C@H]1N1C(=O)O[C@@H](c2ccccc2)[C@H]1c1ccccc1. The van der Waals surface area contributed by atoms with Crippen molar-refractivity contribution in [2.45, 2.75) is 43.4 Å². The van der Waals surface area contributed by atoms with E-state index in [9.17, 15) is 9.90 Å². The summed E-state index contributed by atoms with van der Waals surface area (Å²) in [6.07, 6.45) is 1.64. The fourth-order valence-electron chi connectivity index (χ4n) is 5.25. The molecule has 0 saturated carbocycles. The quantitative estimate of drug-likeness (QED) is 0.421. The lowest BCUT2D eigenvalue weighted by atomic mass is 9.89. The Morgan fingerprint density at radius 1 is 0.889 bits per heavy atom. The lowest BCUT2D eigenvalue weighted by molar-refractivity contribution is -0.162. The lowest BCUT2D eigenvalue weighted by Gasteiger charge is -2.42. The summed E-state index contributed by atoms with van der Waals surface area (Å²) in [6, 6.07) is 28.5. The second-order valence-corrected chi connectivity index (χ2v) is 9.12. The average molecular weight is 486 g/mol. The zero-order valence-electron chi connectivity index (χ0n) is 20.3. The fraction of sp³-hybridized carbons (Fsp3) is 0.300. The molecule has 1 heterocycles. The number of carbonyl (C=O) groups excluding carboxylic acids is 1. The number of benzene rings is 3. The van der Waals surface area contributed by atoms with E-state index >= 15 is 0 Å². The Morgan fingerprint density at radius 2 is 1.50 bits per heavy atom. The Labute approximate surface area is 211 Å². The van der Waals surface area contributed by atoms with E-state index in [-0.39, 0.29) is 6.61 Å². The van der Waals surface area contributed by atoms with Gasteiger partial charge in [-0.15, -0.1) is 0 Å². The molecule has 186 valence electrons. The summed E-state index contributed by atoms with van der Waals surface area (Å²) in [7, 11) is 0. The Bertz CT molecular complexity index is 1170. The molecule has 0 radical (unpaired) electrons. The monoisotopic (exact) mass is 485 g/mol. The van der Waals surface area contributed by atoms with Crippen molar-refractivity contribution >= 4 is 6.09 Å². The molecule has 1 fully saturated rings. The average Bonchev–Trinajstić information content (AvgIpc) is 3.42. The first-order chi connectivity index (χ1) is 17.6.